The Bertz CT molecular complexity index is 475. The Kier molecular flexibility index (Phi) is 4.68. The van der Waals surface area contributed by atoms with Crippen molar-refractivity contribution in [2.75, 3.05) is 4.43 Å². The van der Waals surface area contributed by atoms with Crippen molar-refractivity contribution < 1.29 is 24.5 Å². The summed E-state index contributed by atoms with van der Waals surface area (Å²) in [6.45, 7) is 7.68. The number of fused-ring (bicyclic) bond motifs is 1. The number of hydrogen-bond acceptors (Lipinski definition) is 4. The van der Waals surface area contributed by atoms with Crippen LogP contribution in [0.25, 0.3) is 0 Å². The molecule has 6 heteroatoms. The third-order valence-electron chi connectivity index (χ3n) is 4.92. The van der Waals surface area contributed by atoms with Crippen LogP contribution in [0.4, 0.5) is 0 Å². The smallest absolute Gasteiger partial charge is 0.334 e. The molecule has 21 heavy (non-hydrogen) atoms. The molecule has 5 nitrogen and oxygen atoms in total. The first-order chi connectivity index (χ1) is 9.73. The lowest BCUT2D eigenvalue weighted by Gasteiger charge is -2.44. The van der Waals surface area contributed by atoms with Crippen LogP contribution in [0.3, 0.4) is 0 Å². The molecular weight excluding hydrogens is 387 g/mol. The summed E-state index contributed by atoms with van der Waals surface area (Å²) < 4.78 is 5.76. The van der Waals surface area contributed by atoms with Gasteiger partial charge in [0.25, 0.3) is 0 Å². The van der Waals surface area contributed by atoms with Gasteiger partial charge >= 0.3 is 11.9 Å². The lowest BCUT2D eigenvalue weighted by molar-refractivity contribution is -0.151. The fourth-order valence-electron chi connectivity index (χ4n) is 3.78. The molecule has 1 saturated heterocycles. The second-order valence-electron chi connectivity index (χ2n) is 6.43. The van der Waals surface area contributed by atoms with E-state index in [0.717, 1.165) is 6.42 Å². The first-order valence-electron chi connectivity index (χ1n) is 7.14. The molecule has 2 N–H and O–H groups in total. The maximum atomic E-state index is 12.3. The maximum Gasteiger partial charge on any atom is 0.334 e. The van der Waals surface area contributed by atoms with Gasteiger partial charge in [-0.3, -0.25) is 4.79 Å². The largest absolute Gasteiger partial charge is 0.478 e. The van der Waals surface area contributed by atoms with Crippen molar-refractivity contribution in [2.45, 2.75) is 38.4 Å². The van der Waals surface area contributed by atoms with E-state index in [2.05, 4.69) is 43.0 Å². The zero-order valence-corrected chi connectivity index (χ0v) is 14.4. The van der Waals surface area contributed by atoms with Crippen LogP contribution in [0.2, 0.25) is 0 Å². The van der Waals surface area contributed by atoms with E-state index in [0.29, 0.717) is 10.8 Å². The van der Waals surface area contributed by atoms with Gasteiger partial charge in [0.15, 0.2) is 0 Å². The minimum Gasteiger partial charge on any atom is -0.478 e. The number of cyclic esters (lactones) is 1. The van der Waals surface area contributed by atoms with E-state index < -0.39 is 29.6 Å². The van der Waals surface area contributed by atoms with Crippen LogP contribution < -0.4 is 0 Å². The maximum absolute atomic E-state index is 12.3. The van der Waals surface area contributed by atoms with E-state index in [-0.39, 0.29) is 23.3 Å². The summed E-state index contributed by atoms with van der Waals surface area (Å²) in [6, 6.07) is 0. The highest BCUT2D eigenvalue weighted by molar-refractivity contribution is 14.1. The summed E-state index contributed by atoms with van der Waals surface area (Å²) >= 11 is 2.08. The summed E-state index contributed by atoms with van der Waals surface area (Å²) in [5.41, 5.74) is -1.21. The predicted octanol–water partition coefficient (Wildman–Crippen LogP) is 2.02. The lowest BCUT2D eigenvalue weighted by Crippen LogP contribution is -2.52. The van der Waals surface area contributed by atoms with Gasteiger partial charge < -0.3 is 14.9 Å². The average Bonchev–Trinajstić information content (AvgIpc) is 2.76. The average molecular weight is 408 g/mol. The number of rotatable bonds is 4. The molecule has 0 spiro atoms. The number of aliphatic hydroxyl groups is 1. The van der Waals surface area contributed by atoms with E-state index in [1.807, 2.05) is 0 Å². The van der Waals surface area contributed by atoms with Crippen molar-refractivity contribution in [3.8, 4) is 0 Å². The van der Waals surface area contributed by atoms with Crippen molar-refractivity contribution in [1.82, 2.24) is 0 Å². The Labute approximate surface area is 137 Å². The van der Waals surface area contributed by atoms with E-state index in [9.17, 15) is 19.8 Å². The standard InChI is InChI=1S/C15H21IO5/c1-7(2)9-4-5-15(20,6-16)11-10(9)12(21-14(11)19)8(3)13(17)18/h7,9-12,20H,3-6H2,1-2H3,(H,17,18)/t9-,10-,11-,12?,15-/m1/s1. The molecule has 0 aromatic rings. The summed E-state index contributed by atoms with van der Waals surface area (Å²) in [5.74, 6) is -2.18. The minimum absolute atomic E-state index is 0.0980. The Morgan fingerprint density at radius 2 is 2.19 bits per heavy atom. The Balaban J connectivity index is 2.43. The number of aliphatic carboxylic acids is 1. The fraction of sp³-hybridized carbons (Fsp3) is 0.733. The van der Waals surface area contributed by atoms with Crippen molar-refractivity contribution in [3.63, 3.8) is 0 Å². The molecule has 0 radical (unpaired) electrons. The van der Waals surface area contributed by atoms with Crippen LogP contribution >= 0.6 is 22.6 Å². The number of carbonyl (C=O) groups is 2. The van der Waals surface area contributed by atoms with E-state index in [1.54, 1.807) is 0 Å². The second kappa shape index (κ2) is 5.87. The van der Waals surface area contributed by atoms with Crippen molar-refractivity contribution in [3.05, 3.63) is 12.2 Å². The number of hydrogen-bond donors (Lipinski definition) is 2. The zero-order valence-electron chi connectivity index (χ0n) is 12.2. The Morgan fingerprint density at radius 1 is 1.57 bits per heavy atom. The van der Waals surface area contributed by atoms with Gasteiger partial charge in [0.05, 0.1) is 17.1 Å². The van der Waals surface area contributed by atoms with E-state index >= 15 is 0 Å². The van der Waals surface area contributed by atoms with Crippen molar-refractivity contribution in [2.24, 2.45) is 23.7 Å². The monoisotopic (exact) mass is 408 g/mol. The van der Waals surface area contributed by atoms with Crippen molar-refractivity contribution in [1.29, 1.82) is 0 Å². The van der Waals surface area contributed by atoms with Gasteiger partial charge in [-0.25, -0.2) is 4.79 Å². The van der Waals surface area contributed by atoms with Gasteiger partial charge in [0.2, 0.25) is 0 Å². The molecule has 1 aliphatic heterocycles. The number of alkyl halides is 1. The van der Waals surface area contributed by atoms with Gasteiger partial charge in [-0.2, -0.15) is 0 Å². The molecule has 2 fully saturated rings. The Hall–Kier alpha value is -0.630. The fourth-order valence-corrected chi connectivity index (χ4v) is 4.63. The Morgan fingerprint density at radius 3 is 2.67 bits per heavy atom. The van der Waals surface area contributed by atoms with E-state index in [4.69, 9.17) is 4.74 Å². The van der Waals surface area contributed by atoms with Crippen LogP contribution in [0, 0.1) is 23.7 Å². The van der Waals surface area contributed by atoms with Crippen LogP contribution in [0.15, 0.2) is 12.2 Å². The number of carbonyl (C=O) groups excluding carboxylic acids is 1. The number of halogens is 1. The molecular formula is C15H21IO5. The second-order valence-corrected chi connectivity index (χ2v) is 7.19. The molecule has 5 atom stereocenters. The van der Waals surface area contributed by atoms with Crippen LogP contribution in [0.5, 0.6) is 0 Å². The number of ether oxygens (including phenoxy) is 1. The first-order valence-corrected chi connectivity index (χ1v) is 8.66. The molecule has 0 aromatic carbocycles. The van der Waals surface area contributed by atoms with Gasteiger partial charge in [0, 0.05) is 10.3 Å². The molecule has 1 heterocycles. The molecule has 0 bridgehead atoms. The quantitative estimate of drug-likeness (QED) is 0.322. The molecule has 0 aromatic heterocycles. The van der Waals surface area contributed by atoms with Gasteiger partial charge in [-0.05, 0) is 24.7 Å². The number of esters is 1. The number of carboxylic acid groups (broad SMARTS) is 1. The van der Waals surface area contributed by atoms with Gasteiger partial charge in [-0.15, -0.1) is 0 Å². The van der Waals surface area contributed by atoms with Crippen molar-refractivity contribution >= 4 is 34.5 Å². The first kappa shape index (κ1) is 16.7. The molecule has 2 aliphatic rings. The molecule has 1 aliphatic carbocycles. The minimum atomic E-state index is -1.15. The normalized spacial score (nSPS) is 39.0. The predicted molar refractivity (Wildman–Crippen MR) is 85.0 cm³/mol. The van der Waals surface area contributed by atoms with Gasteiger partial charge in [0.1, 0.15) is 6.10 Å². The van der Waals surface area contributed by atoms with Crippen LogP contribution in [0.1, 0.15) is 26.7 Å². The highest BCUT2D eigenvalue weighted by atomic mass is 127. The third-order valence-corrected chi connectivity index (χ3v) is 6.24. The summed E-state index contributed by atoms with van der Waals surface area (Å²) in [6.07, 6.45) is 0.474. The summed E-state index contributed by atoms with van der Waals surface area (Å²) in [4.78, 5) is 23.5. The number of carboxylic acids is 1. The van der Waals surface area contributed by atoms with Crippen LogP contribution in [-0.2, 0) is 14.3 Å². The summed E-state index contributed by atoms with van der Waals surface area (Å²) in [7, 11) is 0. The molecule has 118 valence electrons. The molecule has 1 saturated carbocycles. The molecule has 2 rings (SSSR count). The van der Waals surface area contributed by atoms with E-state index in [1.165, 1.54) is 0 Å². The highest BCUT2D eigenvalue weighted by Gasteiger charge is 2.61. The third kappa shape index (κ3) is 2.72. The topological polar surface area (TPSA) is 83.8 Å². The lowest BCUT2D eigenvalue weighted by atomic mass is 9.60. The SMILES string of the molecule is C=C(C(=O)O)C1OC(=O)[C@H]2[C@H]1[C@@H](C(C)C)CC[C@@]2(O)CI. The summed E-state index contributed by atoms with van der Waals surface area (Å²) in [5, 5.41) is 19.9. The molecule has 1 unspecified atom stereocenters. The van der Waals surface area contributed by atoms with Crippen LogP contribution in [-0.4, -0.2) is 38.3 Å². The highest BCUT2D eigenvalue weighted by Crippen LogP contribution is 2.52. The van der Waals surface area contributed by atoms with Gasteiger partial charge in [-0.1, -0.05) is 43.0 Å². The zero-order chi connectivity index (χ0) is 15.9. The molecule has 0 amide bonds.